The summed E-state index contributed by atoms with van der Waals surface area (Å²) in [7, 11) is -1.53. The first-order valence-electron chi connectivity index (χ1n) is 3.01. The molecule has 2 N–H and O–H groups in total. The van der Waals surface area contributed by atoms with Gasteiger partial charge in [-0.2, -0.15) is 0 Å². The highest BCUT2D eigenvalue weighted by molar-refractivity contribution is 7.88. The molecule has 1 atom stereocenters. The molecule has 1 unspecified atom stereocenters. The van der Waals surface area contributed by atoms with Gasteiger partial charge in [-0.05, 0) is 6.92 Å². The summed E-state index contributed by atoms with van der Waals surface area (Å²) in [5.41, 5.74) is 5.38. The molecule has 0 aromatic heterocycles. The zero-order valence-electron chi connectivity index (χ0n) is 6.53. The molecule has 0 aromatic carbocycles. The van der Waals surface area contributed by atoms with E-state index in [1.807, 2.05) is 0 Å². The summed E-state index contributed by atoms with van der Waals surface area (Å²) in [5, 5.41) is 0. The van der Waals surface area contributed by atoms with Gasteiger partial charge in [-0.1, -0.05) is 0 Å². The van der Waals surface area contributed by atoms with Crippen molar-refractivity contribution in [3.8, 4) is 0 Å². The Morgan fingerprint density at radius 1 is 1.60 bits per heavy atom. The van der Waals surface area contributed by atoms with Gasteiger partial charge in [-0.25, -0.2) is 12.7 Å². The third kappa shape index (κ3) is 3.81. The minimum Gasteiger partial charge on any atom is -0.327 e. The molecule has 0 saturated carbocycles. The average molecular weight is 166 g/mol. The van der Waals surface area contributed by atoms with E-state index in [0.29, 0.717) is 6.54 Å². The maximum absolute atomic E-state index is 10.7. The Kier molecular flexibility index (Phi) is 3.27. The van der Waals surface area contributed by atoms with Crippen molar-refractivity contribution in [1.29, 1.82) is 0 Å². The molecule has 0 bridgehead atoms. The van der Waals surface area contributed by atoms with Crippen molar-refractivity contribution in [1.82, 2.24) is 4.31 Å². The third-order valence-corrected chi connectivity index (χ3v) is 2.39. The quantitative estimate of drug-likeness (QED) is 0.598. The molecule has 0 amide bonds. The Balaban J connectivity index is 3.99. The molecule has 0 saturated heterocycles. The summed E-state index contributed by atoms with van der Waals surface area (Å²) in [6.07, 6.45) is 1.16. The first-order valence-corrected chi connectivity index (χ1v) is 4.85. The summed E-state index contributed by atoms with van der Waals surface area (Å²) in [4.78, 5) is 0. The number of nitrogens with zero attached hydrogens (tertiary/aromatic N) is 1. The molecule has 0 aliphatic heterocycles. The lowest BCUT2D eigenvalue weighted by molar-refractivity contribution is 0.449. The highest BCUT2D eigenvalue weighted by Crippen LogP contribution is 1.92. The average Bonchev–Trinajstić information content (AvgIpc) is 1.60. The van der Waals surface area contributed by atoms with E-state index in [9.17, 15) is 8.42 Å². The molecule has 0 radical (unpaired) electrons. The molecule has 5 heteroatoms. The van der Waals surface area contributed by atoms with Gasteiger partial charge >= 0.3 is 0 Å². The van der Waals surface area contributed by atoms with Crippen LogP contribution in [-0.2, 0) is 10.0 Å². The van der Waals surface area contributed by atoms with Crippen molar-refractivity contribution in [2.24, 2.45) is 5.73 Å². The van der Waals surface area contributed by atoms with Crippen LogP contribution in [0.2, 0.25) is 0 Å². The Hall–Kier alpha value is -0.130. The summed E-state index contributed by atoms with van der Waals surface area (Å²) in [5.74, 6) is 0. The SMILES string of the molecule is CC(N)CN(C)S(C)(=O)=O. The van der Waals surface area contributed by atoms with Gasteiger partial charge in [-0.3, -0.25) is 0 Å². The zero-order valence-corrected chi connectivity index (χ0v) is 7.35. The monoisotopic (exact) mass is 166 g/mol. The van der Waals surface area contributed by atoms with Gasteiger partial charge in [0.05, 0.1) is 6.26 Å². The van der Waals surface area contributed by atoms with E-state index >= 15 is 0 Å². The molecule has 0 aliphatic rings. The number of nitrogens with two attached hydrogens (primary N) is 1. The lowest BCUT2D eigenvalue weighted by atomic mass is 10.4. The van der Waals surface area contributed by atoms with Crippen LogP contribution in [-0.4, -0.2) is 38.6 Å². The Labute approximate surface area is 62.1 Å². The summed E-state index contributed by atoms with van der Waals surface area (Å²) in [6.45, 7) is 2.14. The van der Waals surface area contributed by atoms with Crippen LogP contribution in [0.5, 0.6) is 0 Å². The van der Waals surface area contributed by atoms with Crippen LogP contribution in [0.15, 0.2) is 0 Å². The van der Waals surface area contributed by atoms with Gasteiger partial charge in [0.15, 0.2) is 0 Å². The predicted molar refractivity (Wildman–Crippen MR) is 41.1 cm³/mol. The number of hydrogen-bond donors (Lipinski definition) is 1. The maximum Gasteiger partial charge on any atom is 0.211 e. The van der Waals surface area contributed by atoms with E-state index in [1.54, 1.807) is 6.92 Å². The zero-order chi connectivity index (χ0) is 8.36. The highest BCUT2D eigenvalue weighted by Gasteiger charge is 2.11. The second-order valence-corrected chi connectivity index (χ2v) is 4.61. The van der Waals surface area contributed by atoms with Crippen molar-refractivity contribution in [3.63, 3.8) is 0 Å². The molecule has 62 valence electrons. The first-order chi connectivity index (χ1) is 4.34. The molecule has 10 heavy (non-hydrogen) atoms. The standard InChI is InChI=1S/C5H14N2O2S/c1-5(6)4-7(2)10(3,8)9/h5H,4,6H2,1-3H3. The van der Waals surface area contributed by atoms with Crippen LogP contribution in [0.3, 0.4) is 0 Å². The lowest BCUT2D eigenvalue weighted by Gasteiger charge is -2.15. The summed E-state index contributed by atoms with van der Waals surface area (Å²) in [6, 6.07) is -0.111. The fraction of sp³-hybridized carbons (Fsp3) is 1.00. The molecule has 0 aliphatic carbocycles. The summed E-state index contributed by atoms with van der Waals surface area (Å²) < 4.78 is 22.7. The van der Waals surface area contributed by atoms with E-state index in [0.717, 1.165) is 6.26 Å². The van der Waals surface area contributed by atoms with Crippen LogP contribution >= 0.6 is 0 Å². The normalized spacial score (nSPS) is 15.7. The molecule has 0 heterocycles. The fourth-order valence-electron chi connectivity index (χ4n) is 0.541. The van der Waals surface area contributed by atoms with E-state index in [4.69, 9.17) is 5.73 Å². The van der Waals surface area contributed by atoms with E-state index in [1.165, 1.54) is 11.4 Å². The van der Waals surface area contributed by atoms with E-state index < -0.39 is 10.0 Å². The van der Waals surface area contributed by atoms with Gasteiger partial charge < -0.3 is 5.73 Å². The van der Waals surface area contributed by atoms with Crippen LogP contribution in [0, 0.1) is 0 Å². The number of rotatable bonds is 3. The van der Waals surface area contributed by atoms with E-state index in [2.05, 4.69) is 0 Å². The molecular formula is C5H14N2O2S. The van der Waals surface area contributed by atoms with Crippen LogP contribution < -0.4 is 5.73 Å². The fourth-order valence-corrected chi connectivity index (χ4v) is 1.05. The second-order valence-electron chi connectivity index (χ2n) is 2.52. The van der Waals surface area contributed by atoms with Crippen LogP contribution in [0.4, 0.5) is 0 Å². The number of sulfonamides is 1. The lowest BCUT2D eigenvalue weighted by Crippen LogP contribution is -2.36. The van der Waals surface area contributed by atoms with Crippen LogP contribution in [0.1, 0.15) is 6.92 Å². The molecule has 0 fully saturated rings. The third-order valence-electron chi connectivity index (χ3n) is 1.11. The van der Waals surface area contributed by atoms with Crippen molar-refractivity contribution >= 4 is 10.0 Å². The Morgan fingerprint density at radius 2 is 2.00 bits per heavy atom. The van der Waals surface area contributed by atoms with Crippen molar-refractivity contribution in [2.75, 3.05) is 19.8 Å². The van der Waals surface area contributed by atoms with Crippen molar-refractivity contribution < 1.29 is 8.42 Å². The van der Waals surface area contributed by atoms with Crippen molar-refractivity contribution in [2.45, 2.75) is 13.0 Å². The molecule has 4 nitrogen and oxygen atoms in total. The highest BCUT2D eigenvalue weighted by atomic mass is 32.2. The molecule has 0 spiro atoms. The molecule has 0 rings (SSSR count). The van der Waals surface area contributed by atoms with Gasteiger partial charge in [0.25, 0.3) is 0 Å². The minimum atomic E-state index is -3.04. The van der Waals surface area contributed by atoms with Gasteiger partial charge in [0.1, 0.15) is 0 Å². The Morgan fingerprint density at radius 3 is 2.10 bits per heavy atom. The first kappa shape index (κ1) is 9.87. The molecular weight excluding hydrogens is 152 g/mol. The topological polar surface area (TPSA) is 63.4 Å². The van der Waals surface area contributed by atoms with Crippen LogP contribution in [0.25, 0.3) is 0 Å². The predicted octanol–water partition coefficient (Wildman–Crippen LogP) is -0.775. The smallest absolute Gasteiger partial charge is 0.211 e. The van der Waals surface area contributed by atoms with E-state index in [-0.39, 0.29) is 6.04 Å². The van der Waals surface area contributed by atoms with Gasteiger partial charge in [0, 0.05) is 19.6 Å². The molecule has 0 aromatic rings. The number of likely N-dealkylation sites (N-methyl/N-ethyl adjacent to an activating group) is 1. The van der Waals surface area contributed by atoms with Crippen molar-refractivity contribution in [3.05, 3.63) is 0 Å². The summed E-state index contributed by atoms with van der Waals surface area (Å²) >= 11 is 0. The maximum atomic E-state index is 10.7. The largest absolute Gasteiger partial charge is 0.327 e. The van der Waals surface area contributed by atoms with Gasteiger partial charge in [-0.15, -0.1) is 0 Å². The second kappa shape index (κ2) is 3.32. The van der Waals surface area contributed by atoms with Gasteiger partial charge in [0.2, 0.25) is 10.0 Å². The minimum absolute atomic E-state index is 0.111. The Bertz CT molecular complexity index is 186. The number of hydrogen-bond acceptors (Lipinski definition) is 3.